The summed E-state index contributed by atoms with van der Waals surface area (Å²) < 4.78 is 5.43. The number of carbonyl (C=O) groups excluding carboxylic acids is 2. The standard InChI is InChI=1S/C18H24Cl2N2O3/c1-12(2)9-18(24)22-7-5-13(6-8-22)21-17(23)11-25-14-3-4-15(19)16(20)10-14/h3-4,10,12-13H,5-9,11H2,1-2H3,(H,21,23). The maximum absolute atomic E-state index is 12.0. The van der Waals surface area contributed by atoms with Gasteiger partial charge in [-0.05, 0) is 30.9 Å². The van der Waals surface area contributed by atoms with Crippen molar-refractivity contribution >= 4 is 35.0 Å². The van der Waals surface area contributed by atoms with Gasteiger partial charge in [0.1, 0.15) is 5.75 Å². The van der Waals surface area contributed by atoms with Crippen LogP contribution in [0.15, 0.2) is 18.2 Å². The molecule has 1 aliphatic heterocycles. The molecule has 2 amide bonds. The monoisotopic (exact) mass is 386 g/mol. The van der Waals surface area contributed by atoms with Crippen molar-refractivity contribution in [3.05, 3.63) is 28.2 Å². The van der Waals surface area contributed by atoms with Crippen molar-refractivity contribution in [2.24, 2.45) is 5.92 Å². The Hall–Kier alpha value is -1.46. The zero-order chi connectivity index (χ0) is 18.4. The van der Waals surface area contributed by atoms with E-state index in [9.17, 15) is 9.59 Å². The Kier molecular flexibility index (Phi) is 7.38. The van der Waals surface area contributed by atoms with Crippen LogP contribution in [0, 0.1) is 5.92 Å². The van der Waals surface area contributed by atoms with E-state index in [4.69, 9.17) is 27.9 Å². The molecule has 0 saturated carbocycles. The molecule has 25 heavy (non-hydrogen) atoms. The van der Waals surface area contributed by atoms with Gasteiger partial charge in [-0.25, -0.2) is 0 Å². The summed E-state index contributed by atoms with van der Waals surface area (Å²) >= 11 is 11.7. The van der Waals surface area contributed by atoms with Crippen molar-refractivity contribution in [2.45, 2.75) is 39.2 Å². The smallest absolute Gasteiger partial charge is 0.258 e. The number of hydrogen-bond donors (Lipinski definition) is 1. The summed E-state index contributed by atoms with van der Waals surface area (Å²) in [6, 6.07) is 4.95. The van der Waals surface area contributed by atoms with E-state index in [0.717, 1.165) is 12.8 Å². The summed E-state index contributed by atoms with van der Waals surface area (Å²) in [6.07, 6.45) is 2.11. The Morgan fingerprint density at radius 3 is 2.52 bits per heavy atom. The van der Waals surface area contributed by atoms with Gasteiger partial charge in [0.2, 0.25) is 5.91 Å². The predicted octanol–water partition coefficient (Wildman–Crippen LogP) is 3.53. The number of nitrogens with zero attached hydrogens (tertiary/aromatic N) is 1. The van der Waals surface area contributed by atoms with Gasteiger partial charge >= 0.3 is 0 Å². The van der Waals surface area contributed by atoms with Crippen LogP contribution in [0.3, 0.4) is 0 Å². The molecule has 0 radical (unpaired) electrons. The zero-order valence-electron chi connectivity index (χ0n) is 14.6. The van der Waals surface area contributed by atoms with E-state index >= 15 is 0 Å². The lowest BCUT2D eigenvalue weighted by atomic mass is 10.0. The Balaban J connectivity index is 1.71. The highest BCUT2D eigenvalue weighted by atomic mass is 35.5. The second-order valence-corrected chi connectivity index (χ2v) is 7.50. The topological polar surface area (TPSA) is 58.6 Å². The molecule has 0 unspecified atom stereocenters. The first-order valence-electron chi connectivity index (χ1n) is 8.50. The van der Waals surface area contributed by atoms with Crippen molar-refractivity contribution in [1.29, 1.82) is 0 Å². The molecule has 138 valence electrons. The molecule has 0 bridgehead atoms. The first kappa shape index (κ1) is 19.9. The highest BCUT2D eigenvalue weighted by molar-refractivity contribution is 6.42. The minimum Gasteiger partial charge on any atom is -0.484 e. The maximum atomic E-state index is 12.0. The minimum absolute atomic E-state index is 0.0769. The van der Waals surface area contributed by atoms with Crippen LogP contribution in [-0.4, -0.2) is 42.5 Å². The number of ether oxygens (including phenoxy) is 1. The highest BCUT2D eigenvalue weighted by Crippen LogP contribution is 2.26. The number of hydrogen-bond acceptors (Lipinski definition) is 3. The number of likely N-dealkylation sites (tertiary alicyclic amines) is 1. The van der Waals surface area contributed by atoms with Crippen LogP contribution < -0.4 is 10.1 Å². The summed E-state index contributed by atoms with van der Waals surface area (Å²) in [5, 5.41) is 3.78. The third-order valence-corrected chi connectivity index (χ3v) is 4.80. The van der Waals surface area contributed by atoms with Crippen molar-refractivity contribution in [1.82, 2.24) is 10.2 Å². The number of halogens is 2. The highest BCUT2D eigenvalue weighted by Gasteiger charge is 2.24. The molecular weight excluding hydrogens is 363 g/mol. The lowest BCUT2D eigenvalue weighted by Crippen LogP contribution is -2.47. The van der Waals surface area contributed by atoms with Crippen LogP contribution >= 0.6 is 23.2 Å². The molecule has 0 aliphatic carbocycles. The van der Waals surface area contributed by atoms with Gasteiger partial charge in [-0.2, -0.15) is 0 Å². The average Bonchev–Trinajstić information content (AvgIpc) is 2.56. The minimum atomic E-state index is -0.182. The molecule has 0 spiro atoms. The molecule has 1 saturated heterocycles. The SMILES string of the molecule is CC(C)CC(=O)N1CCC(NC(=O)COc2ccc(Cl)c(Cl)c2)CC1. The van der Waals surface area contributed by atoms with Crippen LogP contribution in [0.25, 0.3) is 0 Å². The molecule has 1 aromatic rings. The van der Waals surface area contributed by atoms with Crippen molar-refractivity contribution in [2.75, 3.05) is 19.7 Å². The first-order chi connectivity index (χ1) is 11.8. The third-order valence-electron chi connectivity index (χ3n) is 4.06. The normalized spacial score (nSPS) is 15.3. The molecule has 1 N–H and O–H groups in total. The molecule has 0 atom stereocenters. The van der Waals surface area contributed by atoms with E-state index in [1.807, 2.05) is 18.7 Å². The Bertz CT molecular complexity index is 614. The van der Waals surface area contributed by atoms with Crippen molar-refractivity contribution < 1.29 is 14.3 Å². The number of amides is 2. The second-order valence-electron chi connectivity index (χ2n) is 6.69. The van der Waals surface area contributed by atoms with Gasteiger partial charge in [0.15, 0.2) is 6.61 Å². The first-order valence-corrected chi connectivity index (χ1v) is 9.25. The molecule has 2 rings (SSSR count). The van der Waals surface area contributed by atoms with Crippen LogP contribution in [0.2, 0.25) is 10.0 Å². The van der Waals surface area contributed by atoms with E-state index in [1.165, 1.54) is 0 Å². The fourth-order valence-corrected chi connectivity index (χ4v) is 3.02. The van der Waals surface area contributed by atoms with Crippen LogP contribution in [0.1, 0.15) is 33.1 Å². The van der Waals surface area contributed by atoms with Gasteiger partial charge < -0.3 is 15.0 Å². The number of rotatable bonds is 6. The van der Waals surface area contributed by atoms with Crippen LogP contribution in [-0.2, 0) is 9.59 Å². The van der Waals surface area contributed by atoms with E-state index < -0.39 is 0 Å². The van der Waals surface area contributed by atoms with Gasteiger partial charge in [0.05, 0.1) is 10.0 Å². The van der Waals surface area contributed by atoms with E-state index in [1.54, 1.807) is 18.2 Å². The molecule has 1 fully saturated rings. The molecule has 5 nitrogen and oxygen atoms in total. The third kappa shape index (κ3) is 6.40. The molecular formula is C18H24Cl2N2O3. The molecule has 0 aromatic heterocycles. The lowest BCUT2D eigenvalue weighted by molar-refractivity contribution is -0.133. The number of piperidine rings is 1. The van der Waals surface area contributed by atoms with E-state index in [-0.39, 0.29) is 24.5 Å². The molecule has 1 heterocycles. The zero-order valence-corrected chi connectivity index (χ0v) is 16.1. The predicted molar refractivity (Wildman–Crippen MR) is 99.2 cm³/mol. The second kappa shape index (κ2) is 9.30. The summed E-state index contributed by atoms with van der Waals surface area (Å²) in [6.45, 7) is 5.37. The summed E-state index contributed by atoms with van der Waals surface area (Å²) in [4.78, 5) is 26.0. The Labute approximate surface area is 158 Å². The van der Waals surface area contributed by atoms with Gasteiger partial charge in [-0.15, -0.1) is 0 Å². The summed E-state index contributed by atoms with van der Waals surface area (Å²) in [5.74, 6) is 0.878. The largest absolute Gasteiger partial charge is 0.484 e. The Morgan fingerprint density at radius 2 is 1.92 bits per heavy atom. The quantitative estimate of drug-likeness (QED) is 0.813. The summed E-state index contributed by atoms with van der Waals surface area (Å²) in [5.41, 5.74) is 0. The molecule has 1 aromatic carbocycles. The number of carbonyl (C=O) groups is 2. The van der Waals surface area contributed by atoms with Crippen LogP contribution in [0.5, 0.6) is 5.75 Å². The van der Waals surface area contributed by atoms with Crippen molar-refractivity contribution in [3.63, 3.8) is 0 Å². The van der Waals surface area contributed by atoms with Gasteiger partial charge in [-0.3, -0.25) is 9.59 Å². The number of benzene rings is 1. The molecule has 7 heteroatoms. The summed E-state index contributed by atoms with van der Waals surface area (Å²) in [7, 11) is 0. The average molecular weight is 387 g/mol. The maximum Gasteiger partial charge on any atom is 0.258 e. The lowest BCUT2D eigenvalue weighted by Gasteiger charge is -2.32. The van der Waals surface area contributed by atoms with E-state index in [0.29, 0.717) is 41.2 Å². The molecule has 1 aliphatic rings. The fourth-order valence-electron chi connectivity index (χ4n) is 2.74. The number of nitrogens with one attached hydrogen (secondary N) is 1. The van der Waals surface area contributed by atoms with E-state index in [2.05, 4.69) is 5.32 Å². The van der Waals surface area contributed by atoms with Crippen molar-refractivity contribution in [3.8, 4) is 5.75 Å². The van der Waals surface area contributed by atoms with Crippen LogP contribution in [0.4, 0.5) is 0 Å². The Morgan fingerprint density at radius 1 is 1.24 bits per heavy atom. The van der Waals surface area contributed by atoms with Gasteiger partial charge in [-0.1, -0.05) is 37.0 Å². The van der Waals surface area contributed by atoms with Gasteiger partial charge in [0, 0.05) is 31.6 Å². The van der Waals surface area contributed by atoms with Gasteiger partial charge in [0.25, 0.3) is 5.91 Å². The fraction of sp³-hybridized carbons (Fsp3) is 0.556.